The third-order valence-electron chi connectivity index (χ3n) is 2.74. The molecule has 5 nitrogen and oxygen atoms in total. The molecule has 0 bridgehead atoms. The molecule has 2 aromatic rings. The summed E-state index contributed by atoms with van der Waals surface area (Å²) in [6, 6.07) is 5.78. The van der Waals surface area contributed by atoms with Gasteiger partial charge in [0, 0.05) is 6.54 Å². The van der Waals surface area contributed by atoms with Gasteiger partial charge in [0.1, 0.15) is 10.6 Å². The minimum absolute atomic E-state index is 0.198. The third-order valence-corrected chi connectivity index (χ3v) is 3.91. The van der Waals surface area contributed by atoms with Crippen LogP contribution in [0, 0.1) is 31.1 Å². The predicted molar refractivity (Wildman–Crippen MR) is 76.4 cm³/mol. The van der Waals surface area contributed by atoms with Crippen molar-refractivity contribution in [3.05, 3.63) is 28.5 Å². The predicted octanol–water partition coefficient (Wildman–Crippen LogP) is 2.91. The second-order valence-corrected chi connectivity index (χ2v) is 5.58. The van der Waals surface area contributed by atoms with Crippen LogP contribution in [0.4, 0.5) is 0 Å². The molecule has 2 rings (SSSR count). The fraction of sp³-hybridized carbons (Fsp3) is 0.357. The van der Waals surface area contributed by atoms with Gasteiger partial charge in [0.15, 0.2) is 10.8 Å². The van der Waals surface area contributed by atoms with Crippen molar-refractivity contribution in [3.8, 4) is 16.8 Å². The Morgan fingerprint density at radius 1 is 1.55 bits per heavy atom. The summed E-state index contributed by atoms with van der Waals surface area (Å²) in [7, 11) is 0. The van der Waals surface area contributed by atoms with Crippen LogP contribution in [0.5, 0.6) is 0 Å². The molecule has 0 aliphatic rings. The van der Waals surface area contributed by atoms with Gasteiger partial charge in [0.25, 0.3) is 5.91 Å². The zero-order valence-corrected chi connectivity index (χ0v) is 12.4. The Morgan fingerprint density at radius 3 is 2.90 bits per heavy atom. The average Bonchev–Trinajstić information content (AvgIpc) is 3.01. The number of thiazole rings is 1. The van der Waals surface area contributed by atoms with E-state index in [9.17, 15) is 4.79 Å². The van der Waals surface area contributed by atoms with Gasteiger partial charge >= 0.3 is 0 Å². The van der Waals surface area contributed by atoms with Gasteiger partial charge in [0.05, 0.1) is 17.7 Å². The van der Waals surface area contributed by atoms with E-state index >= 15 is 0 Å². The molecule has 6 heteroatoms. The van der Waals surface area contributed by atoms with Crippen molar-refractivity contribution in [3.63, 3.8) is 0 Å². The van der Waals surface area contributed by atoms with E-state index < -0.39 is 0 Å². The number of hydrogen-bond donors (Lipinski definition) is 1. The molecule has 20 heavy (non-hydrogen) atoms. The van der Waals surface area contributed by atoms with E-state index in [4.69, 9.17) is 9.68 Å². The molecule has 0 aromatic carbocycles. The van der Waals surface area contributed by atoms with Crippen LogP contribution in [-0.4, -0.2) is 17.4 Å². The Morgan fingerprint density at radius 2 is 2.30 bits per heavy atom. The lowest BCUT2D eigenvalue weighted by Gasteiger charge is -2.04. The highest BCUT2D eigenvalue weighted by molar-refractivity contribution is 7.17. The number of amides is 1. The van der Waals surface area contributed by atoms with Crippen molar-refractivity contribution in [2.45, 2.75) is 20.8 Å². The summed E-state index contributed by atoms with van der Waals surface area (Å²) < 4.78 is 5.51. The molecule has 1 atom stereocenters. The molecule has 0 saturated heterocycles. The van der Waals surface area contributed by atoms with Crippen LogP contribution >= 0.6 is 11.3 Å². The van der Waals surface area contributed by atoms with Crippen LogP contribution in [0.1, 0.15) is 28.0 Å². The van der Waals surface area contributed by atoms with E-state index in [0.29, 0.717) is 27.9 Å². The number of carbonyl (C=O) groups is 1. The highest BCUT2D eigenvalue weighted by atomic mass is 32.1. The molecular weight excluding hydrogens is 274 g/mol. The van der Waals surface area contributed by atoms with E-state index in [2.05, 4.69) is 16.4 Å². The largest absolute Gasteiger partial charge is 0.459 e. The zero-order valence-electron chi connectivity index (χ0n) is 11.6. The van der Waals surface area contributed by atoms with Crippen LogP contribution in [0.25, 0.3) is 10.8 Å². The smallest absolute Gasteiger partial charge is 0.263 e. The molecule has 1 N–H and O–H groups in total. The standard InChI is InChI=1S/C14H15N3O2S/c1-8(6-15)7-16-13(18)12-10(3)17-14(20-12)11-5-4-9(2)19-11/h4-5,8H,7H2,1-3H3,(H,16,18)/t8-/m1/s1. The molecule has 2 heterocycles. The van der Waals surface area contributed by atoms with Crippen molar-refractivity contribution in [1.82, 2.24) is 10.3 Å². The van der Waals surface area contributed by atoms with E-state index in [0.717, 1.165) is 5.76 Å². The van der Waals surface area contributed by atoms with E-state index in [1.165, 1.54) is 11.3 Å². The summed E-state index contributed by atoms with van der Waals surface area (Å²) in [6.07, 6.45) is 0. The first-order chi connectivity index (χ1) is 9.51. The first kappa shape index (κ1) is 14.3. The molecule has 1 amide bonds. The number of carbonyl (C=O) groups excluding carboxylic acids is 1. The van der Waals surface area contributed by atoms with E-state index in [1.54, 1.807) is 13.8 Å². The van der Waals surface area contributed by atoms with E-state index in [-0.39, 0.29) is 11.8 Å². The van der Waals surface area contributed by atoms with Crippen molar-refractivity contribution in [2.24, 2.45) is 5.92 Å². The SMILES string of the molecule is Cc1ccc(-c2nc(C)c(C(=O)NC[C@H](C)C#N)s2)o1. The summed E-state index contributed by atoms with van der Waals surface area (Å²) in [5.74, 6) is 1.07. The highest BCUT2D eigenvalue weighted by Crippen LogP contribution is 2.29. The minimum Gasteiger partial charge on any atom is -0.459 e. The third kappa shape index (κ3) is 3.06. The van der Waals surface area contributed by atoms with Gasteiger partial charge in [-0.25, -0.2) is 4.98 Å². The highest BCUT2D eigenvalue weighted by Gasteiger charge is 2.18. The lowest BCUT2D eigenvalue weighted by molar-refractivity contribution is 0.0954. The number of hydrogen-bond acceptors (Lipinski definition) is 5. The zero-order chi connectivity index (χ0) is 14.7. The van der Waals surface area contributed by atoms with Gasteiger partial charge < -0.3 is 9.73 Å². The molecule has 0 spiro atoms. The average molecular weight is 289 g/mol. The van der Waals surface area contributed by atoms with Crippen LogP contribution in [-0.2, 0) is 0 Å². The fourth-order valence-electron chi connectivity index (χ4n) is 1.63. The minimum atomic E-state index is -0.209. The second-order valence-electron chi connectivity index (χ2n) is 4.58. The maximum atomic E-state index is 12.1. The topological polar surface area (TPSA) is 78.9 Å². The van der Waals surface area contributed by atoms with Gasteiger partial charge in [-0.2, -0.15) is 5.26 Å². The summed E-state index contributed by atoms with van der Waals surface area (Å²) in [5.41, 5.74) is 0.668. The number of nitrogens with zero attached hydrogens (tertiary/aromatic N) is 2. The summed E-state index contributed by atoms with van der Waals surface area (Å²) >= 11 is 1.29. The molecule has 0 fully saturated rings. The van der Waals surface area contributed by atoms with Gasteiger partial charge in [-0.3, -0.25) is 4.79 Å². The van der Waals surface area contributed by atoms with Crippen molar-refractivity contribution in [1.29, 1.82) is 5.26 Å². The molecule has 0 aliphatic heterocycles. The Hall–Kier alpha value is -2.13. The van der Waals surface area contributed by atoms with Gasteiger partial charge in [-0.05, 0) is 32.9 Å². The Kier molecular flexibility index (Phi) is 4.20. The lowest BCUT2D eigenvalue weighted by atomic mass is 10.2. The van der Waals surface area contributed by atoms with Crippen LogP contribution in [0.2, 0.25) is 0 Å². The van der Waals surface area contributed by atoms with Crippen molar-refractivity contribution in [2.75, 3.05) is 6.54 Å². The number of aromatic nitrogens is 1. The Bertz CT molecular complexity index is 666. The normalized spacial score (nSPS) is 11.9. The maximum absolute atomic E-state index is 12.1. The van der Waals surface area contributed by atoms with Crippen molar-refractivity contribution >= 4 is 17.2 Å². The number of aryl methyl sites for hydroxylation is 2. The van der Waals surface area contributed by atoms with Gasteiger partial charge in [-0.15, -0.1) is 11.3 Å². The number of nitrogens with one attached hydrogen (secondary N) is 1. The van der Waals surface area contributed by atoms with Crippen LogP contribution in [0.15, 0.2) is 16.5 Å². The Labute approximate surface area is 121 Å². The first-order valence-electron chi connectivity index (χ1n) is 6.23. The second kappa shape index (κ2) is 5.88. The number of rotatable bonds is 4. The quantitative estimate of drug-likeness (QED) is 0.938. The molecule has 104 valence electrons. The molecular formula is C14H15N3O2S. The Balaban J connectivity index is 2.15. The molecule has 0 radical (unpaired) electrons. The number of nitriles is 1. The molecule has 0 saturated carbocycles. The first-order valence-corrected chi connectivity index (χ1v) is 7.05. The summed E-state index contributed by atoms with van der Waals surface area (Å²) in [4.78, 5) is 17.0. The summed E-state index contributed by atoms with van der Waals surface area (Å²) in [6.45, 7) is 5.75. The maximum Gasteiger partial charge on any atom is 0.263 e. The molecule has 0 aliphatic carbocycles. The van der Waals surface area contributed by atoms with Crippen LogP contribution in [0.3, 0.4) is 0 Å². The summed E-state index contributed by atoms with van der Waals surface area (Å²) in [5, 5.41) is 12.1. The van der Waals surface area contributed by atoms with Crippen molar-refractivity contribution < 1.29 is 9.21 Å². The van der Waals surface area contributed by atoms with Gasteiger partial charge in [0.2, 0.25) is 0 Å². The van der Waals surface area contributed by atoms with E-state index in [1.807, 2.05) is 19.1 Å². The van der Waals surface area contributed by atoms with Gasteiger partial charge in [-0.1, -0.05) is 0 Å². The molecule has 2 aromatic heterocycles. The molecule has 0 unspecified atom stereocenters. The lowest BCUT2D eigenvalue weighted by Crippen LogP contribution is -2.27. The van der Waals surface area contributed by atoms with Crippen LogP contribution < -0.4 is 5.32 Å². The number of furan rings is 1. The fourth-order valence-corrected chi connectivity index (χ4v) is 2.58. The monoisotopic (exact) mass is 289 g/mol.